The molecule has 0 amide bonds. The van der Waals surface area contributed by atoms with Gasteiger partial charge in [-0.3, -0.25) is 0 Å². The molecule has 0 aromatic heterocycles. The molecule has 0 bridgehead atoms. The fraction of sp³-hybridized carbons (Fsp3) is 0.333. The quantitative estimate of drug-likeness (QED) is 0.831. The number of thioether (sulfide) groups is 1. The Morgan fingerprint density at radius 3 is 2.33 bits per heavy atom. The van der Waals surface area contributed by atoms with Crippen molar-refractivity contribution >= 4 is 11.8 Å². The van der Waals surface area contributed by atoms with Crippen molar-refractivity contribution in [2.75, 3.05) is 12.9 Å². The molecule has 2 N–H and O–H groups in total. The summed E-state index contributed by atoms with van der Waals surface area (Å²) in [4.78, 5) is 1.14. The van der Waals surface area contributed by atoms with E-state index in [1.54, 1.807) is 18.9 Å². The van der Waals surface area contributed by atoms with Crippen LogP contribution < -0.4 is 10.5 Å². The number of para-hydroxylation sites is 1. The summed E-state index contributed by atoms with van der Waals surface area (Å²) in [5.74, 6) is 1.75. The fourth-order valence-corrected chi connectivity index (χ4v) is 3.77. The molecule has 0 saturated carbocycles. The third-order valence-electron chi connectivity index (χ3n) is 3.60. The van der Waals surface area contributed by atoms with Crippen molar-refractivity contribution in [3.8, 4) is 5.75 Å². The molecular weight excluding hydrogens is 278 g/mol. The van der Waals surface area contributed by atoms with Crippen LogP contribution in [0.2, 0.25) is 0 Å². The molecule has 21 heavy (non-hydrogen) atoms. The molecule has 2 nitrogen and oxygen atoms in total. The van der Waals surface area contributed by atoms with Gasteiger partial charge in [-0.05, 0) is 49.6 Å². The van der Waals surface area contributed by atoms with E-state index in [0.717, 1.165) is 16.4 Å². The summed E-state index contributed by atoms with van der Waals surface area (Å²) in [6, 6.07) is 12.5. The second-order valence-electron chi connectivity index (χ2n) is 5.38. The van der Waals surface area contributed by atoms with Gasteiger partial charge < -0.3 is 10.5 Å². The van der Waals surface area contributed by atoms with Crippen LogP contribution in [0.5, 0.6) is 5.75 Å². The van der Waals surface area contributed by atoms with Gasteiger partial charge in [0.25, 0.3) is 0 Å². The molecular formula is C18H23NOS. The fourth-order valence-electron chi connectivity index (χ4n) is 2.78. The van der Waals surface area contributed by atoms with Crippen molar-refractivity contribution in [3.05, 3.63) is 58.7 Å². The average molecular weight is 301 g/mol. The molecule has 0 radical (unpaired) electrons. The maximum atomic E-state index is 6.42. The normalized spacial score (nSPS) is 12.2. The Morgan fingerprint density at radius 2 is 1.71 bits per heavy atom. The standard InChI is InChI=1S/C18H23NOS/c1-12-9-13(2)18(14(3)10-12)15(19)11-21-17-8-6-5-7-16(17)20-4/h5-10,15H,11,19H2,1-4H3. The molecule has 3 heteroatoms. The smallest absolute Gasteiger partial charge is 0.132 e. The van der Waals surface area contributed by atoms with E-state index in [2.05, 4.69) is 39.0 Å². The van der Waals surface area contributed by atoms with Crippen LogP contribution in [0.25, 0.3) is 0 Å². The highest BCUT2D eigenvalue weighted by Gasteiger charge is 2.14. The lowest BCUT2D eigenvalue weighted by Crippen LogP contribution is -2.16. The topological polar surface area (TPSA) is 35.2 Å². The molecule has 1 unspecified atom stereocenters. The zero-order valence-corrected chi connectivity index (χ0v) is 14.0. The molecule has 0 spiro atoms. The predicted octanol–water partition coefficient (Wildman–Crippen LogP) is 4.41. The van der Waals surface area contributed by atoms with E-state index in [0.29, 0.717) is 0 Å². The number of methoxy groups -OCH3 is 1. The van der Waals surface area contributed by atoms with E-state index in [-0.39, 0.29) is 6.04 Å². The van der Waals surface area contributed by atoms with Crippen LogP contribution in [0.4, 0.5) is 0 Å². The highest BCUT2D eigenvalue weighted by atomic mass is 32.2. The van der Waals surface area contributed by atoms with Crippen molar-refractivity contribution in [2.24, 2.45) is 5.73 Å². The van der Waals surface area contributed by atoms with Crippen LogP contribution in [0.15, 0.2) is 41.3 Å². The molecule has 2 aromatic carbocycles. The zero-order chi connectivity index (χ0) is 15.4. The van der Waals surface area contributed by atoms with Crippen molar-refractivity contribution in [3.63, 3.8) is 0 Å². The van der Waals surface area contributed by atoms with Crippen molar-refractivity contribution in [2.45, 2.75) is 31.7 Å². The van der Waals surface area contributed by atoms with Gasteiger partial charge in [-0.2, -0.15) is 0 Å². The summed E-state index contributed by atoms with van der Waals surface area (Å²) >= 11 is 1.75. The molecule has 1 atom stereocenters. The minimum atomic E-state index is 0.0283. The van der Waals surface area contributed by atoms with E-state index in [1.165, 1.54) is 22.3 Å². The SMILES string of the molecule is COc1ccccc1SCC(N)c1c(C)cc(C)cc1C. The average Bonchev–Trinajstić information content (AvgIpc) is 2.44. The van der Waals surface area contributed by atoms with Crippen LogP contribution >= 0.6 is 11.8 Å². The molecule has 0 heterocycles. The molecule has 0 fully saturated rings. The number of aryl methyl sites for hydroxylation is 3. The molecule has 0 saturated heterocycles. The minimum absolute atomic E-state index is 0.0283. The summed E-state index contributed by atoms with van der Waals surface area (Å²) in [6.07, 6.45) is 0. The first-order chi connectivity index (χ1) is 10.0. The Labute approximate surface area is 131 Å². The Balaban J connectivity index is 2.14. The summed E-state index contributed by atoms with van der Waals surface area (Å²) in [7, 11) is 1.70. The molecule has 0 aliphatic rings. The van der Waals surface area contributed by atoms with E-state index in [4.69, 9.17) is 10.5 Å². The van der Waals surface area contributed by atoms with E-state index >= 15 is 0 Å². The van der Waals surface area contributed by atoms with Gasteiger partial charge in [0.1, 0.15) is 5.75 Å². The molecule has 2 aromatic rings. The Bertz CT molecular complexity index is 601. The number of benzene rings is 2. The maximum absolute atomic E-state index is 6.42. The van der Waals surface area contributed by atoms with Crippen LogP contribution in [-0.2, 0) is 0 Å². The molecule has 0 aliphatic carbocycles. The van der Waals surface area contributed by atoms with Crippen molar-refractivity contribution in [1.82, 2.24) is 0 Å². The second-order valence-corrected chi connectivity index (χ2v) is 6.44. The zero-order valence-electron chi connectivity index (χ0n) is 13.1. The van der Waals surface area contributed by atoms with Crippen molar-refractivity contribution in [1.29, 1.82) is 0 Å². The van der Waals surface area contributed by atoms with Gasteiger partial charge in [0, 0.05) is 16.7 Å². The largest absolute Gasteiger partial charge is 0.496 e. The lowest BCUT2D eigenvalue weighted by molar-refractivity contribution is 0.405. The molecule has 0 aliphatic heterocycles. The molecule has 112 valence electrons. The monoisotopic (exact) mass is 301 g/mol. The predicted molar refractivity (Wildman–Crippen MR) is 91.3 cm³/mol. The third kappa shape index (κ3) is 3.80. The van der Waals surface area contributed by atoms with Crippen molar-refractivity contribution < 1.29 is 4.74 Å². The number of nitrogens with two attached hydrogens (primary N) is 1. The summed E-state index contributed by atoms with van der Waals surface area (Å²) in [5, 5.41) is 0. The van der Waals surface area contributed by atoms with Gasteiger partial charge in [-0.15, -0.1) is 11.8 Å². The Morgan fingerprint density at radius 1 is 1.10 bits per heavy atom. The van der Waals surface area contributed by atoms with Gasteiger partial charge in [-0.25, -0.2) is 0 Å². The van der Waals surface area contributed by atoms with E-state index in [9.17, 15) is 0 Å². The second kappa shape index (κ2) is 7.01. The van der Waals surface area contributed by atoms with Gasteiger partial charge in [0.2, 0.25) is 0 Å². The van der Waals surface area contributed by atoms with Crippen LogP contribution in [0.3, 0.4) is 0 Å². The summed E-state index contributed by atoms with van der Waals surface area (Å²) in [6.45, 7) is 6.41. The lowest BCUT2D eigenvalue weighted by atomic mass is 9.95. The van der Waals surface area contributed by atoms with Crippen LogP contribution in [-0.4, -0.2) is 12.9 Å². The Kier molecular flexibility index (Phi) is 5.32. The third-order valence-corrected chi connectivity index (χ3v) is 4.77. The number of ether oxygens (including phenoxy) is 1. The first kappa shape index (κ1) is 15.9. The van der Waals surface area contributed by atoms with E-state index < -0.39 is 0 Å². The molecule has 2 rings (SSSR count). The van der Waals surface area contributed by atoms with Gasteiger partial charge in [0.05, 0.1) is 7.11 Å². The number of rotatable bonds is 5. The summed E-state index contributed by atoms with van der Waals surface area (Å²) < 4.78 is 5.38. The Hall–Kier alpha value is -1.45. The minimum Gasteiger partial charge on any atom is -0.496 e. The van der Waals surface area contributed by atoms with Gasteiger partial charge >= 0.3 is 0 Å². The van der Waals surface area contributed by atoms with E-state index in [1.807, 2.05) is 18.2 Å². The van der Waals surface area contributed by atoms with Gasteiger partial charge in [-0.1, -0.05) is 29.8 Å². The first-order valence-electron chi connectivity index (χ1n) is 7.12. The van der Waals surface area contributed by atoms with Gasteiger partial charge in [0.15, 0.2) is 0 Å². The summed E-state index contributed by atoms with van der Waals surface area (Å²) in [5.41, 5.74) is 11.5. The number of hydrogen-bond donors (Lipinski definition) is 1. The first-order valence-corrected chi connectivity index (χ1v) is 8.10. The number of hydrogen-bond acceptors (Lipinski definition) is 3. The van der Waals surface area contributed by atoms with Crippen LogP contribution in [0.1, 0.15) is 28.3 Å². The lowest BCUT2D eigenvalue weighted by Gasteiger charge is -2.18. The highest BCUT2D eigenvalue weighted by Crippen LogP contribution is 2.32. The van der Waals surface area contributed by atoms with Crippen LogP contribution in [0, 0.1) is 20.8 Å². The highest BCUT2D eigenvalue weighted by molar-refractivity contribution is 7.99. The maximum Gasteiger partial charge on any atom is 0.132 e.